The molecular weight excluding hydrogens is 444 g/mol. The minimum Gasteiger partial charge on any atom is -0.493 e. The van der Waals surface area contributed by atoms with Gasteiger partial charge >= 0.3 is 0 Å². The summed E-state index contributed by atoms with van der Waals surface area (Å²) in [5, 5.41) is 0. The van der Waals surface area contributed by atoms with Crippen LogP contribution in [0.3, 0.4) is 0 Å². The molecule has 0 saturated carbocycles. The SMILES string of the molecule is CCN(/C=C1\SC(=S)N(CCc2ccc(OC)c(OC)c2)C1=O)[C@H]1CCS(=O)(=O)C1. The van der Waals surface area contributed by atoms with E-state index in [0.717, 1.165) is 5.56 Å². The first-order valence-corrected chi connectivity index (χ1v) is 12.7. The van der Waals surface area contributed by atoms with Crippen molar-refractivity contribution in [2.75, 3.05) is 38.8 Å². The van der Waals surface area contributed by atoms with E-state index >= 15 is 0 Å². The Morgan fingerprint density at radius 3 is 2.63 bits per heavy atom. The molecule has 30 heavy (non-hydrogen) atoms. The smallest absolute Gasteiger partial charge is 0.267 e. The van der Waals surface area contributed by atoms with E-state index in [1.165, 1.54) is 11.8 Å². The van der Waals surface area contributed by atoms with Crippen LogP contribution < -0.4 is 9.47 Å². The van der Waals surface area contributed by atoms with Gasteiger partial charge in [0.05, 0.1) is 30.6 Å². The van der Waals surface area contributed by atoms with Gasteiger partial charge in [-0.05, 0) is 37.5 Å². The van der Waals surface area contributed by atoms with Gasteiger partial charge in [-0.1, -0.05) is 30.0 Å². The van der Waals surface area contributed by atoms with Crippen LogP contribution in [-0.2, 0) is 21.1 Å². The Bertz CT molecular complexity index is 961. The fourth-order valence-electron chi connectivity index (χ4n) is 3.60. The molecule has 1 amide bonds. The summed E-state index contributed by atoms with van der Waals surface area (Å²) in [6, 6.07) is 5.59. The van der Waals surface area contributed by atoms with Gasteiger partial charge in [0, 0.05) is 25.3 Å². The van der Waals surface area contributed by atoms with E-state index in [1.807, 2.05) is 30.0 Å². The molecule has 0 aliphatic carbocycles. The second-order valence-electron chi connectivity index (χ2n) is 7.14. The number of hydrogen-bond donors (Lipinski definition) is 0. The van der Waals surface area contributed by atoms with Crippen LogP contribution in [0.4, 0.5) is 0 Å². The molecule has 2 heterocycles. The largest absolute Gasteiger partial charge is 0.493 e. The van der Waals surface area contributed by atoms with Crippen molar-refractivity contribution in [3.63, 3.8) is 0 Å². The molecular formula is C20H26N2O5S3. The molecule has 0 bridgehead atoms. The summed E-state index contributed by atoms with van der Waals surface area (Å²) in [5.41, 5.74) is 1.01. The molecule has 7 nitrogen and oxygen atoms in total. The zero-order chi connectivity index (χ0) is 21.9. The van der Waals surface area contributed by atoms with E-state index in [2.05, 4.69) is 0 Å². The van der Waals surface area contributed by atoms with Crippen LogP contribution in [0, 0.1) is 0 Å². The third-order valence-corrected chi connectivity index (χ3v) is 8.39. The number of carbonyl (C=O) groups excluding carboxylic acids is 1. The molecule has 0 N–H and O–H groups in total. The van der Waals surface area contributed by atoms with Gasteiger partial charge in [0.2, 0.25) is 0 Å². The van der Waals surface area contributed by atoms with Gasteiger partial charge in [0.1, 0.15) is 4.32 Å². The molecule has 1 aromatic rings. The number of methoxy groups -OCH3 is 2. The van der Waals surface area contributed by atoms with Gasteiger partial charge in [0.25, 0.3) is 5.91 Å². The summed E-state index contributed by atoms with van der Waals surface area (Å²) in [7, 11) is 0.187. The molecule has 3 rings (SSSR count). The Morgan fingerprint density at radius 1 is 1.30 bits per heavy atom. The van der Waals surface area contributed by atoms with E-state index in [1.54, 1.807) is 25.3 Å². The van der Waals surface area contributed by atoms with E-state index in [9.17, 15) is 13.2 Å². The number of nitrogens with zero attached hydrogens (tertiary/aromatic N) is 2. The highest BCUT2D eigenvalue weighted by Gasteiger charge is 2.35. The van der Waals surface area contributed by atoms with Gasteiger partial charge < -0.3 is 14.4 Å². The third kappa shape index (κ3) is 5.09. The molecule has 0 spiro atoms. The number of carbonyl (C=O) groups is 1. The second-order valence-corrected chi connectivity index (χ2v) is 11.0. The molecule has 10 heteroatoms. The Labute approximate surface area is 187 Å². The van der Waals surface area contributed by atoms with Gasteiger partial charge in [-0.3, -0.25) is 9.69 Å². The highest BCUT2D eigenvalue weighted by atomic mass is 32.2. The summed E-state index contributed by atoms with van der Waals surface area (Å²) in [4.78, 5) is 17.0. The molecule has 0 radical (unpaired) electrons. The predicted octanol–water partition coefficient (Wildman–Crippen LogP) is 2.46. The molecule has 1 aromatic carbocycles. The number of benzene rings is 1. The fraction of sp³-hybridized carbons (Fsp3) is 0.500. The monoisotopic (exact) mass is 470 g/mol. The number of sulfone groups is 1. The molecule has 2 aliphatic rings. The standard InChI is InChI=1S/C20H26N2O5S3/c1-4-21(15-8-10-30(24,25)13-15)12-18-19(23)22(20(28)29-18)9-7-14-5-6-16(26-2)17(11-14)27-3/h5-6,11-12,15H,4,7-10,13H2,1-3H3/b18-12-/t15-/m0/s1. The Kier molecular flexibility index (Phi) is 7.30. The van der Waals surface area contributed by atoms with Crippen molar-refractivity contribution in [1.82, 2.24) is 9.80 Å². The van der Waals surface area contributed by atoms with Gasteiger partial charge in [0.15, 0.2) is 21.3 Å². The first-order valence-electron chi connectivity index (χ1n) is 9.70. The van der Waals surface area contributed by atoms with Crippen molar-refractivity contribution >= 4 is 44.0 Å². The van der Waals surface area contributed by atoms with Crippen LogP contribution in [0.15, 0.2) is 29.3 Å². The lowest BCUT2D eigenvalue weighted by molar-refractivity contribution is -0.122. The maximum absolute atomic E-state index is 12.9. The summed E-state index contributed by atoms with van der Waals surface area (Å²) in [6.07, 6.45) is 2.99. The predicted molar refractivity (Wildman–Crippen MR) is 123 cm³/mol. The molecule has 0 aromatic heterocycles. The number of hydrogen-bond acceptors (Lipinski definition) is 8. The fourth-order valence-corrected chi connectivity index (χ4v) is 6.65. The zero-order valence-electron chi connectivity index (χ0n) is 17.3. The molecule has 0 unspecified atom stereocenters. The van der Waals surface area contributed by atoms with Gasteiger partial charge in [-0.25, -0.2) is 8.42 Å². The van der Waals surface area contributed by atoms with E-state index < -0.39 is 9.84 Å². The maximum atomic E-state index is 12.9. The topological polar surface area (TPSA) is 76.2 Å². The van der Waals surface area contributed by atoms with Crippen LogP contribution in [0.2, 0.25) is 0 Å². The number of ether oxygens (including phenoxy) is 2. The van der Waals surface area contributed by atoms with Crippen molar-refractivity contribution in [1.29, 1.82) is 0 Å². The Morgan fingerprint density at radius 2 is 2.03 bits per heavy atom. The van der Waals surface area contributed by atoms with E-state index in [-0.39, 0.29) is 23.5 Å². The van der Waals surface area contributed by atoms with Crippen LogP contribution >= 0.6 is 24.0 Å². The minimum atomic E-state index is -2.99. The first-order chi connectivity index (χ1) is 14.3. The van der Waals surface area contributed by atoms with E-state index in [0.29, 0.717) is 46.7 Å². The normalized spacial score (nSPS) is 22.0. The third-order valence-electron chi connectivity index (χ3n) is 5.27. The van der Waals surface area contributed by atoms with Crippen molar-refractivity contribution in [3.05, 3.63) is 34.9 Å². The Balaban J connectivity index is 1.68. The van der Waals surface area contributed by atoms with Crippen molar-refractivity contribution in [2.24, 2.45) is 0 Å². The summed E-state index contributed by atoms with van der Waals surface area (Å²) >= 11 is 6.69. The molecule has 2 fully saturated rings. The van der Waals surface area contributed by atoms with Crippen molar-refractivity contribution in [2.45, 2.75) is 25.8 Å². The average molecular weight is 471 g/mol. The first kappa shape index (κ1) is 22.9. The number of thioether (sulfide) groups is 1. The van der Waals surface area contributed by atoms with Crippen LogP contribution in [0.5, 0.6) is 11.5 Å². The van der Waals surface area contributed by atoms with Gasteiger partial charge in [-0.15, -0.1) is 0 Å². The zero-order valence-corrected chi connectivity index (χ0v) is 19.7. The number of amides is 1. The molecule has 2 saturated heterocycles. The summed E-state index contributed by atoms with van der Waals surface area (Å²) in [5.74, 6) is 1.50. The average Bonchev–Trinajstić information content (AvgIpc) is 3.22. The lowest BCUT2D eigenvalue weighted by Gasteiger charge is -2.25. The van der Waals surface area contributed by atoms with Crippen molar-refractivity contribution in [3.8, 4) is 11.5 Å². The molecule has 1 atom stereocenters. The summed E-state index contributed by atoms with van der Waals surface area (Å²) < 4.78 is 34.7. The molecule has 2 aliphatic heterocycles. The quantitative estimate of drug-likeness (QED) is 0.424. The maximum Gasteiger partial charge on any atom is 0.267 e. The van der Waals surface area contributed by atoms with E-state index in [4.69, 9.17) is 21.7 Å². The lowest BCUT2D eigenvalue weighted by Crippen LogP contribution is -2.33. The highest BCUT2D eigenvalue weighted by molar-refractivity contribution is 8.26. The van der Waals surface area contributed by atoms with Crippen LogP contribution in [-0.4, -0.2) is 73.3 Å². The van der Waals surface area contributed by atoms with Crippen LogP contribution in [0.25, 0.3) is 0 Å². The lowest BCUT2D eigenvalue weighted by atomic mass is 10.1. The number of rotatable bonds is 8. The number of thiocarbonyl (C=S) groups is 1. The van der Waals surface area contributed by atoms with Crippen molar-refractivity contribution < 1.29 is 22.7 Å². The van der Waals surface area contributed by atoms with Gasteiger partial charge in [-0.2, -0.15) is 0 Å². The summed E-state index contributed by atoms with van der Waals surface area (Å²) in [6.45, 7) is 3.05. The minimum absolute atomic E-state index is 0.0877. The Hall–Kier alpha value is -1.78. The van der Waals surface area contributed by atoms with Crippen LogP contribution in [0.1, 0.15) is 18.9 Å². The second kappa shape index (κ2) is 9.57. The highest BCUT2D eigenvalue weighted by Crippen LogP contribution is 2.33. The molecule has 164 valence electrons.